The molecule has 0 amide bonds. The normalized spacial score (nSPS) is 29.1. The van der Waals surface area contributed by atoms with E-state index in [2.05, 4.69) is 33.0 Å². The molecule has 3 heteroatoms. The van der Waals surface area contributed by atoms with Crippen LogP contribution in [0.3, 0.4) is 0 Å². The highest BCUT2D eigenvalue weighted by Gasteiger charge is 2.28. The van der Waals surface area contributed by atoms with Gasteiger partial charge in [-0.3, -0.25) is 0 Å². The van der Waals surface area contributed by atoms with E-state index in [4.69, 9.17) is 9.84 Å². The number of nitrogens with one attached hydrogen (secondary N) is 1. The average molecular weight is 229 g/mol. The summed E-state index contributed by atoms with van der Waals surface area (Å²) in [6.07, 6.45) is 3.36. The first-order chi connectivity index (χ1) is 7.43. The molecule has 16 heavy (non-hydrogen) atoms. The number of ether oxygens (including phenoxy) is 1. The van der Waals surface area contributed by atoms with Crippen molar-refractivity contribution in [1.29, 1.82) is 0 Å². The minimum Gasteiger partial charge on any atom is -0.396 e. The molecule has 0 radical (unpaired) electrons. The van der Waals surface area contributed by atoms with Crippen molar-refractivity contribution in [2.45, 2.75) is 65.1 Å². The van der Waals surface area contributed by atoms with Crippen molar-refractivity contribution in [3.8, 4) is 0 Å². The summed E-state index contributed by atoms with van der Waals surface area (Å²) in [6, 6.07) is 0.923. The Bertz CT molecular complexity index is 201. The van der Waals surface area contributed by atoms with Crippen LogP contribution in [0.5, 0.6) is 0 Å². The van der Waals surface area contributed by atoms with Gasteiger partial charge in [-0.2, -0.15) is 0 Å². The van der Waals surface area contributed by atoms with E-state index in [1.54, 1.807) is 0 Å². The van der Waals surface area contributed by atoms with Crippen molar-refractivity contribution in [3.63, 3.8) is 0 Å². The zero-order chi connectivity index (χ0) is 12.2. The Hall–Kier alpha value is -0.120. The summed E-state index contributed by atoms with van der Waals surface area (Å²) < 4.78 is 5.55. The predicted octanol–water partition coefficient (Wildman–Crippen LogP) is 1.94. The maximum absolute atomic E-state index is 9.12. The Kier molecular flexibility index (Phi) is 5.22. The van der Waals surface area contributed by atoms with Gasteiger partial charge < -0.3 is 15.2 Å². The molecule has 0 aromatic rings. The van der Waals surface area contributed by atoms with Gasteiger partial charge in [-0.25, -0.2) is 0 Å². The largest absolute Gasteiger partial charge is 0.396 e. The van der Waals surface area contributed by atoms with Crippen LogP contribution in [0.15, 0.2) is 0 Å². The molecule has 3 nitrogen and oxygen atoms in total. The summed E-state index contributed by atoms with van der Waals surface area (Å²) >= 11 is 0. The smallest absolute Gasteiger partial charge is 0.0561 e. The third kappa shape index (κ3) is 4.40. The van der Waals surface area contributed by atoms with Gasteiger partial charge in [0.25, 0.3) is 0 Å². The molecule has 0 spiro atoms. The second-order valence-electron chi connectivity index (χ2n) is 6.00. The van der Waals surface area contributed by atoms with Crippen LogP contribution >= 0.6 is 0 Å². The summed E-state index contributed by atoms with van der Waals surface area (Å²) in [7, 11) is 0. The fourth-order valence-electron chi connectivity index (χ4n) is 2.33. The van der Waals surface area contributed by atoms with Crippen molar-refractivity contribution in [3.05, 3.63) is 0 Å². The zero-order valence-electron chi connectivity index (χ0n) is 11.1. The van der Waals surface area contributed by atoms with E-state index in [1.807, 2.05) is 0 Å². The van der Waals surface area contributed by atoms with E-state index in [1.165, 1.54) is 0 Å². The first-order valence-corrected chi connectivity index (χ1v) is 6.42. The van der Waals surface area contributed by atoms with Gasteiger partial charge in [-0.05, 0) is 31.6 Å². The molecule has 3 atom stereocenters. The topological polar surface area (TPSA) is 41.5 Å². The van der Waals surface area contributed by atoms with Crippen molar-refractivity contribution in [2.75, 3.05) is 13.2 Å². The number of hydrogen-bond donors (Lipinski definition) is 2. The highest BCUT2D eigenvalue weighted by molar-refractivity contribution is 4.85. The highest BCUT2D eigenvalue weighted by atomic mass is 16.5. The minimum atomic E-state index is 0.199. The lowest BCUT2D eigenvalue weighted by Gasteiger charge is -2.37. The summed E-state index contributed by atoms with van der Waals surface area (Å²) in [4.78, 5) is 0. The minimum absolute atomic E-state index is 0.199. The van der Waals surface area contributed by atoms with Crippen LogP contribution in [0.2, 0.25) is 0 Å². The molecule has 96 valence electrons. The molecule has 1 saturated heterocycles. The van der Waals surface area contributed by atoms with Crippen LogP contribution in [0.1, 0.15) is 47.0 Å². The second kappa shape index (κ2) is 5.99. The van der Waals surface area contributed by atoms with E-state index >= 15 is 0 Å². The standard InChI is InChI=1S/C13H27NO2/c1-10-9-11(6-8-16-10)14-12(5-7-15)13(2,3)4/h10-12,14-15H,5-9H2,1-4H3. The van der Waals surface area contributed by atoms with Gasteiger partial charge in [0.05, 0.1) is 6.10 Å². The molecule has 1 heterocycles. The third-order valence-corrected chi connectivity index (χ3v) is 3.39. The van der Waals surface area contributed by atoms with Crippen LogP contribution in [-0.2, 0) is 4.74 Å². The quantitative estimate of drug-likeness (QED) is 0.774. The Balaban J connectivity index is 2.47. The van der Waals surface area contributed by atoms with E-state index in [-0.39, 0.29) is 12.0 Å². The molecule has 0 saturated carbocycles. The zero-order valence-corrected chi connectivity index (χ0v) is 11.1. The maximum atomic E-state index is 9.12. The molecule has 1 fully saturated rings. The number of hydrogen-bond acceptors (Lipinski definition) is 3. The van der Waals surface area contributed by atoms with Crippen LogP contribution in [0.4, 0.5) is 0 Å². The number of rotatable bonds is 4. The summed E-state index contributed by atoms with van der Waals surface area (Å²) in [5.41, 5.74) is 0.199. The molecule has 1 rings (SSSR count). The molecular weight excluding hydrogens is 202 g/mol. The van der Waals surface area contributed by atoms with E-state index in [0.717, 1.165) is 25.9 Å². The Labute approximate surface area is 99.6 Å². The number of aliphatic hydroxyl groups excluding tert-OH is 1. The van der Waals surface area contributed by atoms with Crippen molar-refractivity contribution in [2.24, 2.45) is 5.41 Å². The van der Waals surface area contributed by atoms with E-state index < -0.39 is 0 Å². The Morgan fingerprint density at radius 1 is 1.44 bits per heavy atom. The summed E-state index contributed by atoms with van der Waals surface area (Å²) in [5.74, 6) is 0. The van der Waals surface area contributed by atoms with Gasteiger partial charge in [-0.15, -0.1) is 0 Å². The van der Waals surface area contributed by atoms with Gasteiger partial charge in [0, 0.05) is 25.3 Å². The lowest BCUT2D eigenvalue weighted by Crippen LogP contribution is -2.49. The molecule has 0 aromatic heterocycles. The van der Waals surface area contributed by atoms with Crippen LogP contribution < -0.4 is 5.32 Å². The lowest BCUT2D eigenvalue weighted by molar-refractivity contribution is 0.00696. The van der Waals surface area contributed by atoms with Crippen LogP contribution in [0.25, 0.3) is 0 Å². The summed E-state index contributed by atoms with van der Waals surface area (Å²) in [6.45, 7) is 9.92. The molecule has 0 aromatic carbocycles. The Morgan fingerprint density at radius 2 is 2.12 bits per heavy atom. The van der Waals surface area contributed by atoms with Gasteiger partial charge in [-0.1, -0.05) is 20.8 Å². The van der Waals surface area contributed by atoms with Crippen molar-refractivity contribution >= 4 is 0 Å². The SMILES string of the molecule is CC1CC(NC(CCO)C(C)(C)C)CCO1. The lowest BCUT2D eigenvalue weighted by atomic mass is 9.84. The van der Waals surface area contributed by atoms with E-state index in [0.29, 0.717) is 18.2 Å². The predicted molar refractivity (Wildman–Crippen MR) is 66.5 cm³/mol. The Morgan fingerprint density at radius 3 is 2.62 bits per heavy atom. The number of aliphatic hydroxyl groups is 1. The first kappa shape index (κ1) is 13.9. The van der Waals surface area contributed by atoms with Crippen molar-refractivity contribution in [1.82, 2.24) is 5.32 Å². The average Bonchev–Trinajstić information content (AvgIpc) is 2.16. The molecule has 1 aliphatic heterocycles. The summed E-state index contributed by atoms with van der Waals surface area (Å²) in [5, 5.41) is 12.8. The first-order valence-electron chi connectivity index (χ1n) is 6.42. The van der Waals surface area contributed by atoms with Gasteiger partial charge in [0.2, 0.25) is 0 Å². The van der Waals surface area contributed by atoms with Gasteiger partial charge in [0.1, 0.15) is 0 Å². The highest BCUT2D eigenvalue weighted by Crippen LogP contribution is 2.24. The van der Waals surface area contributed by atoms with E-state index in [9.17, 15) is 0 Å². The van der Waals surface area contributed by atoms with Crippen LogP contribution in [-0.4, -0.2) is 36.5 Å². The van der Waals surface area contributed by atoms with Crippen LogP contribution in [0, 0.1) is 5.41 Å². The molecule has 0 bridgehead atoms. The van der Waals surface area contributed by atoms with Gasteiger partial charge >= 0.3 is 0 Å². The molecular formula is C13H27NO2. The molecule has 3 unspecified atom stereocenters. The van der Waals surface area contributed by atoms with Gasteiger partial charge in [0.15, 0.2) is 0 Å². The monoisotopic (exact) mass is 229 g/mol. The third-order valence-electron chi connectivity index (χ3n) is 3.39. The van der Waals surface area contributed by atoms with Crippen molar-refractivity contribution < 1.29 is 9.84 Å². The maximum Gasteiger partial charge on any atom is 0.0561 e. The molecule has 0 aliphatic carbocycles. The molecule has 2 N–H and O–H groups in total. The second-order valence-corrected chi connectivity index (χ2v) is 6.00. The molecule has 1 aliphatic rings. The fourth-order valence-corrected chi connectivity index (χ4v) is 2.33. The fraction of sp³-hybridized carbons (Fsp3) is 1.00.